The Hall–Kier alpha value is -3.23. The van der Waals surface area contributed by atoms with Crippen LogP contribution in [0, 0.1) is 0 Å². The van der Waals surface area contributed by atoms with Crippen molar-refractivity contribution in [2.45, 2.75) is 19.8 Å². The van der Waals surface area contributed by atoms with E-state index in [9.17, 15) is 19.2 Å². The molecule has 0 bridgehead atoms. The Balaban J connectivity index is 2.02. The van der Waals surface area contributed by atoms with Crippen molar-refractivity contribution in [3.63, 3.8) is 0 Å². The molecule has 1 aromatic carbocycles. The monoisotopic (exact) mass is 360 g/mol. The summed E-state index contributed by atoms with van der Waals surface area (Å²) in [6.45, 7) is 1.78. The molecule has 0 atom stereocenters. The highest BCUT2D eigenvalue weighted by molar-refractivity contribution is 6.03. The number of nitrogens with one attached hydrogen (secondary N) is 2. The van der Waals surface area contributed by atoms with Gasteiger partial charge in [0.1, 0.15) is 0 Å². The van der Waals surface area contributed by atoms with E-state index in [1.165, 1.54) is 7.05 Å². The summed E-state index contributed by atoms with van der Waals surface area (Å²) >= 11 is 0. The van der Waals surface area contributed by atoms with Crippen LogP contribution in [0.3, 0.4) is 0 Å². The Bertz CT molecular complexity index is 890. The predicted molar refractivity (Wildman–Crippen MR) is 93.7 cm³/mol. The number of aromatic nitrogens is 2. The normalized spacial score (nSPS) is 10.4. The smallest absolute Gasteiger partial charge is 0.359 e. The minimum absolute atomic E-state index is 0.0807. The molecule has 0 radical (unpaired) electrons. The number of rotatable bonds is 6. The lowest BCUT2D eigenvalue weighted by molar-refractivity contribution is -0.123. The van der Waals surface area contributed by atoms with Crippen molar-refractivity contribution in [1.82, 2.24) is 20.4 Å². The zero-order valence-corrected chi connectivity index (χ0v) is 14.6. The molecule has 0 fully saturated rings. The lowest BCUT2D eigenvalue weighted by Crippen LogP contribution is -2.41. The highest BCUT2D eigenvalue weighted by atomic mass is 16.5. The molecule has 0 aliphatic carbocycles. The molecular weight excluding hydrogens is 340 g/mol. The van der Waals surface area contributed by atoms with Crippen LogP contribution in [0.2, 0.25) is 0 Å². The molecule has 2 rings (SSSR count). The van der Waals surface area contributed by atoms with Crippen molar-refractivity contribution in [3.8, 4) is 0 Å². The molecule has 0 aliphatic heterocycles. The zero-order valence-electron chi connectivity index (χ0n) is 14.6. The molecule has 2 N–H and O–H groups in total. The maximum Gasteiger partial charge on any atom is 0.359 e. The number of carbonyl (C=O) groups is 3. The lowest BCUT2D eigenvalue weighted by atomic mass is 10.1. The fourth-order valence-electron chi connectivity index (χ4n) is 2.24. The molecule has 0 spiro atoms. The molecule has 9 nitrogen and oxygen atoms in total. The SMILES string of the molecule is CCCCNC(=O)NC(=O)COC(=O)c1nn(C)c(=O)c2ccccc12. The van der Waals surface area contributed by atoms with Gasteiger partial charge in [0.25, 0.3) is 11.5 Å². The Morgan fingerprint density at radius 1 is 1.19 bits per heavy atom. The fourth-order valence-corrected chi connectivity index (χ4v) is 2.24. The van der Waals surface area contributed by atoms with Crippen LogP contribution in [-0.2, 0) is 16.6 Å². The van der Waals surface area contributed by atoms with Crippen LogP contribution in [0.15, 0.2) is 29.1 Å². The average molecular weight is 360 g/mol. The second-order valence-corrected chi connectivity index (χ2v) is 5.56. The predicted octanol–water partition coefficient (Wildman–Crippen LogP) is 0.716. The standard InChI is InChI=1S/C17H20N4O5/c1-3-4-9-18-17(25)19-13(22)10-26-16(24)14-11-7-5-6-8-12(11)15(23)21(2)20-14/h5-8H,3-4,9-10H2,1-2H3,(H2,18,19,22,25). The van der Waals surface area contributed by atoms with Gasteiger partial charge in [-0.05, 0) is 12.5 Å². The van der Waals surface area contributed by atoms with Gasteiger partial charge in [-0.1, -0.05) is 31.5 Å². The van der Waals surface area contributed by atoms with Crippen LogP contribution >= 0.6 is 0 Å². The molecule has 26 heavy (non-hydrogen) atoms. The third-order valence-electron chi connectivity index (χ3n) is 3.55. The number of hydrogen-bond donors (Lipinski definition) is 2. The summed E-state index contributed by atoms with van der Waals surface area (Å²) < 4.78 is 5.94. The topological polar surface area (TPSA) is 119 Å². The molecule has 2 aromatic rings. The van der Waals surface area contributed by atoms with Crippen LogP contribution in [0.25, 0.3) is 10.8 Å². The molecule has 9 heteroatoms. The van der Waals surface area contributed by atoms with E-state index in [2.05, 4.69) is 15.7 Å². The molecular formula is C17H20N4O5. The van der Waals surface area contributed by atoms with Crippen molar-refractivity contribution in [2.24, 2.45) is 7.05 Å². The molecule has 3 amide bonds. The van der Waals surface area contributed by atoms with E-state index in [-0.39, 0.29) is 11.3 Å². The van der Waals surface area contributed by atoms with Crippen molar-refractivity contribution < 1.29 is 19.1 Å². The van der Waals surface area contributed by atoms with Crippen LogP contribution in [0.5, 0.6) is 0 Å². The van der Waals surface area contributed by atoms with E-state index in [4.69, 9.17) is 4.74 Å². The number of benzene rings is 1. The van der Waals surface area contributed by atoms with Gasteiger partial charge < -0.3 is 10.1 Å². The van der Waals surface area contributed by atoms with Crippen LogP contribution < -0.4 is 16.2 Å². The summed E-state index contributed by atoms with van der Waals surface area (Å²) in [4.78, 5) is 47.4. The summed E-state index contributed by atoms with van der Waals surface area (Å²) in [6, 6.07) is 5.83. The molecule has 0 saturated carbocycles. The zero-order chi connectivity index (χ0) is 19.1. The molecule has 1 heterocycles. The lowest BCUT2D eigenvalue weighted by Gasteiger charge is -2.09. The first-order valence-corrected chi connectivity index (χ1v) is 8.15. The van der Waals surface area contributed by atoms with Gasteiger partial charge in [0.15, 0.2) is 12.3 Å². The van der Waals surface area contributed by atoms with Gasteiger partial charge in [-0.2, -0.15) is 5.10 Å². The molecule has 0 unspecified atom stereocenters. The molecule has 1 aromatic heterocycles. The highest BCUT2D eigenvalue weighted by Crippen LogP contribution is 2.13. The van der Waals surface area contributed by atoms with Crippen molar-refractivity contribution in [1.29, 1.82) is 0 Å². The number of hydrogen-bond acceptors (Lipinski definition) is 6. The van der Waals surface area contributed by atoms with Gasteiger partial charge in [-0.25, -0.2) is 14.3 Å². The Labute approximate surface area is 149 Å². The second-order valence-electron chi connectivity index (χ2n) is 5.56. The van der Waals surface area contributed by atoms with Gasteiger partial charge in [0, 0.05) is 19.0 Å². The van der Waals surface area contributed by atoms with E-state index in [1.54, 1.807) is 24.3 Å². The highest BCUT2D eigenvalue weighted by Gasteiger charge is 2.18. The number of nitrogens with zero attached hydrogens (tertiary/aromatic N) is 2. The van der Waals surface area contributed by atoms with Gasteiger partial charge in [-0.15, -0.1) is 0 Å². The number of unbranched alkanes of at least 4 members (excludes halogenated alkanes) is 1. The number of fused-ring (bicyclic) bond motifs is 1. The fraction of sp³-hybridized carbons (Fsp3) is 0.353. The van der Waals surface area contributed by atoms with E-state index in [1.807, 2.05) is 6.92 Å². The van der Waals surface area contributed by atoms with Gasteiger partial charge in [-0.3, -0.25) is 14.9 Å². The third-order valence-corrected chi connectivity index (χ3v) is 3.55. The molecule has 0 aliphatic rings. The van der Waals surface area contributed by atoms with Gasteiger partial charge >= 0.3 is 12.0 Å². The quantitative estimate of drug-likeness (QED) is 0.578. The van der Waals surface area contributed by atoms with E-state index >= 15 is 0 Å². The summed E-state index contributed by atoms with van der Waals surface area (Å²) in [5.41, 5.74) is -0.429. The number of amides is 3. The Kier molecular flexibility index (Phi) is 6.42. The summed E-state index contributed by atoms with van der Waals surface area (Å²) in [7, 11) is 1.42. The number of carbonyl (C=O) groups excluding carboxylic acids is 3. The number of urea groups is 1. The van der Waals surface area contributed by atoms with Crippen LogP contribution in [0.1, 0.15) is 30.3 Å². The minimum Gasteiger partial charge on any atom is -0.451 e. The van der Waals surface area contributed by atoms with Crippen molar-refractivity contribution >= 4 is 28.7 Å². The first kappa shape index (κ1) is 19.1. The largest absolute Gasteiger partial charge is 0.451 e. The van der Waals surface area contributed by atoms with Gasteiger partial charge in [0.2, 0.25) is 0 Å². The average Bonchev–Trinajstić information content (AvgIpc) is 2.63. The Morgan fingerprint density at radius 3 is 2.58 bits per heavy atom. The summed E-state index contributed by atoms with van der Waals surface area (Å²) in [5.74, 6) is -1.63. The van der Waals surface area contributed by atoms with Crippen molar-refractivity contribution in [2.75, 3.05) is 13.2 Å². The van der Waals surface area contributed by atoms with Gasteiger partial charge in [0.05, 0.1) is 5.39 Å². The third kappa shape index (κ3) is 4.65. The van der Waals surface area contributed by atoms with Crippen molar-refractivity contribution in [3.05, 3.63) is 40.3 Å². The van der Waals surface area contributed by atoms with Crippen LogP contribution in [0.4, 0.5) is 4.79 Å². The maximum absolute atomic E-state index is 12.2. The molecule has 0 saturated heterocycles. The maximum atomic E-state index is 12.2. The second kappa shape index (κ2) is 8.75. The van der Waals surface area contributed by atoms with Crippen LogP contribution in [-0.4, -0.2) is 40.8 Å². The summed E-state index contributed by atoms with van der Waals surface area (Å²) in [5, 5.41) is 9.13. The molecule has 138 valence electrons. The number of esters is 1. The minimum atomic E-state index is -0.863. The van der Waals surface area contributed by atoms with E-state index in [0.717, 1.165) is 17.5 Å². The number of imide groups is 1. The number of ether oxygens (including phenoxy) is 1. The van der Waals surface area contributed by atoms with E-state index in [0.29, 0.717) is 17.3 Å². The number of aryl methyl sites for hydroxylation is 1. The first-order chi connectivity index (χ1) is 12.4. The Morgan fingerprint density at radius 2 is 1.88 bits per heavy atom. The summed E-state index contributed by atoms with van der Waals surface area (Å²) in [6.07, 6.45) is 1.70. The van der Waals surface area contributed by atoms with E-state index < -0.39 is 24.5 Å². The first-order valence-electron chi connectivity index (χ1n) is 8.15.